The first kappa shape index (κ1) is 22.1. The van der Waals surface area contributed by atoms with E-state index in [0.717, 1.165) is 0 Å². The van der Waals surface area contributed by atoms with Crippen LogP contribution in [0.25, 0.3) is 0 Å². The Morgan fingerprint density at radius 1 is 1.00 bits per heavy atom. The minimum atomic E-state index is -1.35. The van der Waals surface area contributed by atoms with Crippen molar-refractivity contribution in [1.29, 1.82) is 0 Å². The molecule has 2 rings (SSSR count). The summed E-state index contributed by atoms with van der Waals surface area (Å²) >= 11 is 0. The average molecular weight is 399 g/mol. The van der Waals surface area contributed by atoms with Crippen LogP contribution in [0.4, 0.5) is 4.39 Å². The molecule has 0 saturated heterocycles. The number of nitrogens with one attached hydrogen (secondary N) is 2. The zero-order valence-corrected chi connectivity index (χ0v) is 16.4. The molecule has 0 bridgehead atoms. The lowest BCUT2D eigenvalue weighted by Crippen LogP contribution is -2.51. The second-order valence-electron chi connectivity index (χ2n) is 6.89. The Bertz CT molecular complexity index is 840. The Labute approximate surface area is 169 Å². The van der Waals surface area contributed by atoms with Crippen LogP contribution in [0.3, 0.4) is 0 Å². The molecule has 0 spiro atoms. The third kappa shape index (κ3) is 6.41. The summed E-state index contributed by atoms with van der Waals surface area (Å²) in [6.45, 7) is 3.71. The number of amides is 2. The highest BCUT2D eigenvalue weighted by atomic mass is 19.1. The Balaban J connectivity index is 2.20. The number of carboxylic acids is 1. The number of aliphatic carboxylic acids is 1. The van der Waals surface area contributed by atoms with Gasteiger partial charge in [0.25, 0.3) is 5.91 Å². The van der Waals surface area contributed by atoms with Crippen LogP contribution in [0.2, 0.25) is 0 Å². The maximum absolute atomic E-state index is 13.2. The van der Waals surface area contributed by atoms with Gasteiger partial charge in [-0.25, -0.2) is 4.39 Å². The molecule has 0 saturated carbocycles. The van der Waals surface area contributed by atoms with Crippen molar-refractivity contribution in [2.24, 2.45) is 5.92 Å². The second kappa shape index (κ2) is 10.4. The summed E-state index contributed by atoms with van der Waals surface area (Å²) < 4.78 is 13.2. The lowest BCUT2D eigenvalue weighted by molar-refractivity contribution is -0.306. The van der Waals surface area contributed by atoms with Gasteiger partial charge in [-0.3, -0.25) is 9.59 Å². The first-order valence-electron chi connectivity index (χ1n) is 9.43. The number of carboxylic acid groups (broad SMARTS) is 1. The third-order valence-electron chi connectivity index (χ3n) is 4.78. The maximum atomic E-state index is 13.2. The minimum absolute atomic E-state index is 0.195. The van der Waals surface area contributed by atoms with Crippen molar-refractivity contribution in [2.45, 2.75) is 38.8 Å². The molecule has 0 aliphatic heterocycles. The van der Waals surface area contributed by atoms with E-state index in [1.165, 1.54) is 24.3 Å². The lowest BCUT2D eigenvalue weighted by Gasteiger charge is -2.27. The van der Waals surface area contributed by atoms with Gasteiger partial charge in [-0.15, -0.1) is 0 Å². The van der Waals surface area contributed by atoms with E-state index in [1.54, 1.807) is 30.3 Å². The fourth-order valence-corrected chi connectivity index (χ4v) is 2.89. The Morgan fingerprint density at radius 3 is 2.17 bits per heavy atom. The van der Waals surface area contributed by atoms with Crippen molar-refractivity contribution >= 4 is 17.8 Å². The summed E-state index contributed by atoms with van der Waals surface area (Å²) in [5.74, 6) is -2.93. The number of halogens is 1. The Kier molecular flexibility index (Phi) is 7.88. The van der Waals surface area contributed by atoms with Crippen molar-refractivity contribution in [2.75, 3.05) is 0 Å². The van der Waals surface area contributed by atoms with Gasteiger partial charge in [-0.2, -0.15) is 0 Å². The maximum Gasteiger partial charge on any atom is 0.251 e. The fraction of sp³-hybridized carbons (Fsp3) is 0.318. The number of hydrogen-bond acceptors (Lipinski definition) is 4. The SMILES string of the molecule is CC[C@H](C)[C@H](NC(=O)c1ccccc1)C(=O)N[C@@H](CC(=O)[O-])c1ccc(F)cc1. The van der Waals surface area contributed by atoms with Crippen LogP contribution in [0, 0.1) is 11.7 Å². The van der Waals surface area contributed by atoms with Crippen molar-refractivity contribution < 1.29 is 23.9 Å². The molecule has 7 heteroatoms. The van der Waals surface area contributed by atoms with Crippen LogP contribution in [-0.4, -0.2) is 23.8 Å². The monoisotopic (exact) mass is 399 g/mol. The molecule has 0 aliphatic carbocycles. The largest absolute Gasteiger partial charge is 0.550 e. The molecule has 2 N–H and O–H groups in total. The molecule has 0 fully saturated rings. The van der Waals surface area contributed by atoms with Crippen LogP contribution in [0.5, 0.6) is 0 Å². The van der Waals surface area contributed by atoms with Gasteiger partial charge >= 0.3 is 0 Å². The highest BCUT2D eigenvalue weighted by molar-refractivity contribution is 5.97. The number of rotatable bonds is 9. The Hall–Kier alpha value is -3.22. The van der Waals surface area contributed by atoms with E-state index in [2.05, 4.69) is 10.6 Å². The van der Waals surface area contributed by atoms with Crippen molar-refractivity contribution in [3.05, 3.63) is 71.5 Å². The summed E-state index contributed by atoms with van der Waals surface area (Å²) in [5, 5.41) is 16.5. The highest BCUT2D eigenvalue weighted by Gasteiger charge is 2.28. The van der Waals surface area contributed by atoms with E-state index >= 15 is 0 Å². The standard InChI is InChI=1S/C22H25FN2O4/c1-3-14(2)20(25-21(28)16-7-5-4-6-8-16)22(29)24-18(13-19(26)27)15-9-11-17(23)12-10-15/h4-12,14,18,20H,3,13H2,1-2H3,(H,24,29)(H,25,28)(H,26,27)/p-1/t14-,18-,20-/m0/s1. The number of benzene rings is 2. The zero-order valence-electron chi connectivity index (χ0n) is 16.4. The number of carbonyl (C=O) groups excluding carboxylic acids is 3. The summed E-state index contributed by atoms with van der Waals surface area (Å²) in [6, 6.07) is 11.9. The first-order chi connectivity index (χ1) is 13.8. The predicted molar refractivity (Wildman–Crippen MR) is 104 cm³/mol. The molecular weight excluding hydrogens is 375 g/mol. The van der Waals surface area contributed by atoms with Crippen LogP contribution < -0.4 is 15.7 Å². The van der Waals surface area contributed by atoms with Gasteiger partial charge in [-0.1, -0.05) is 50.6 Å². The summed E-state index contributed by atoms with van der Waals surface area (Å²) in [5.41, 5.74) is 0.847. The number of hydrogen-bond donors (Lipinski definition) is 2. The van der Waals surface area contributed by atoms with E-state index in [0.29, 0.717) is 17.5 Å². The van der Waals surface area contributed by atoms with E-state index in [4.69, 9.17) is 0 Å². The van der Waals surface area contributed by atoms with Crippen molar-refractivity contribution in [3.63, 3.8) is 0 Å². The number of carbonyl (C=O) groups is 3. The highest BCUT2D eigenvalue weighted by Crippen LogP contribution is 2.19. The van der Waals surface area contributed by atoms with Gasteiger partial charge in [-0.05, 0) is 35.7 Å². The smallest absolute Gasteiger partial charge is 0.251 e. The molecule has 2 aromatic rings. The molecule has 6 nitrogen and oxygen atoms in total. The summed E-state index contributed by atoms with van der Waals surface area (Å²) in [7, 11) is 0. The first-order valence-corrected chi connectivity index (χ1v) is 9.43. The molecule has 0 radical (unpaired) electrons. The van der Waals surface area contributed by atoms with Gasteiger partial charge < -0.3 is 20.5 Å². The molecule has 3 atom stereocenters. The van der Waals surface area contributed by atoms with Gasteiger partial charge in [0.15, 0.2) is 0 Å². The molecule has 2 aromatic carbocycles. The summed E-state index contributed by atoms with van der Waals surface area (Å²) in [4.78, 5) is 36.6. The fourth-order valence-electron chi connectivity index (χ4n) is 2.89. The molecule has 154 valence electrons. The van der Waals surface area contributed by atoms with Gasteiger partial charge in [0.2, 0.25) is 5.91 Å². The molecule has 29 heavy (non-hydrogen) atoms. The van der Waals surface area contributed by atoms with Crippen LogP contribution >= 0.6 is 0 Å². The predicted octanol–water partition coefficient (Wildman–Crippen LogP) is 1.97. The normalized spacial score (nSPS) is 13.8. The molecule has 0 aliphatic rings. The molecule has 0 aromatic heterocycles. The van der Waals surface area contributed by atoms with Crippen LogP contribution in [0.15, 0.2) is 54.6 Å². The van der Waals surface area contributed by atoms with Crippen molar-refractivity contribution in [3.8, 4) is 0 Å². The minimum Gasteiger partial charge on any atom is -0.550 e. The quantitative estimate of drug-likeness (QED) is 0.674. The molecular formula is C22H24FN2O4-. The van der Waals surface area contributed by atoms with Crippen LogP contribution in [0.1, 0.15) is 48.7 Å². The van der Waals surface area contributed by atoms with Gasteiger partial charge in [0, 0.05) is 18.0 Å². The Morgan fingerprint density at radius 2 is 1.62 bits per heavy atom. The molecule has 2 amide bonds. The van der Waals surface area contributed by atoms with E-state index < -0.39 is 42.1 Å². The van der Waals surface area contributed by atoms with E-state index in [1.807, 2.05) is 13.8 Å². The topological polar surface area (TPSA) is 98.3 Å². The van der Waals surface area contributed by atoms with Gasteiger partial charge in [0.1, 0.15) is 11.9 Å². The molecule has 0 heterocycles. The van der Waals surface area contributed by atoms with Gasteiger partial charge in [0.05, 0.1) is 6.04 Å². The summed E-state index contributed by atoms with van der Waals surface area (Å²) in [6.07, 6.45) is 0.145. The van der Waals surface area contributed by atoms with E-state index in [-0.39, 0.29) is 5.92 Å². The van der Waals surface area contributed by atoms with Crippen molar-refractivity contribution in [1.82, 2.24) is 10.6 Å². The van der Waals surface area contributed by atoms with Crippen LogP contribution in [-0.2, 0) is 9.59 Å². The zero-order chi connectivity index (χ0) is 21.4. The van der Waals surface area contributed by atoms with E-state index in [9.17, 15) is 23.9 Å². The molecule has 0 unspecified atom stereocenters. The second-order valence-corrected chi connectivity index (χ2v) is 6.89. The lowest BCUT2D eigenvalue weighted by atomic mass is 9.96. The third-order valence-corrected chi connectivity index (χ3v) is 4.78. The average Bonchev–Trinajstić information content (AvgIpc) is 2.71.